The first-order chi connectivity index (χ1) is 60.8. The second kappa shape index (κ2) is 29.3. The Kier molecular flexibility index (Phi) is 17.3. The summed E-state index contributed by atoms with van der Waals surface area (Å²) in [4.78, 5) is 48.6. The Balaban J connectivity index is 0.000000116. The van der Waals surface area contributed by atoms with Gasteiger partial charge in [-0.3, -0.25) is 0 Å². The number of hydrogen-bond donors (Lipinski definition) is 0. The highest BCUT2D eigenvalue weighted by Crippen LogP contribution is 2.44. The summed E-state index contributed by atoms with van der Waals surface area (Å²) in [5, 5.41) is 10.1. The Morgan fingerprint density at radius 1 is 0.290 bits per heavy atom. The standard InChI is InChI=1S/C49H27N5O3.C34H26BN2O4.C21H12ClN3O/c1-3-12-28(13-4-1)43-45-44(35-17-8-10-20-38(35)57-45)51-49(50-43)36-18-11-21-39-42(36)34-25-23-31(27-41(34)56-39)48-53-46(29-14-5-2-6-15-29)52-47(54-48)30-22-24-33-32-16-7-9-19-37(32)55-40(33)26-30;1-33(2)34(3,4)41-35(40-33)21-17-18-22-27(19-21)38-26-16-10-14-24(28(22)26)32-36-29(20-11-6-5-7-12-20)31-30(37-32)23-13-8-9-15-25(23)39-31;22-21-24-19(13-6-2-1-3-7-13)23-20(25-21)14-10-11-16-15-8-4-5-9-17(15)26-18(16)12-14/h1-27H;5-9,11-19H,1-4H3;1-12H/q;+1;. The highest BCUT2D eigenvalue weighted by atomic mass is 35.5. The average molecular weight is 1630 g/mol. The van der Waals surface area contributed by atoms with Gasteiger partial charge in [0.25, 0.3) is 5.42 Å². The number of nitrogens with zero attached hydrogens (tertiary/aromatic N) is 10. The zero-order valence-electron chi connectivity index (χ0n) is 66.8. The van der Waals surface area contributed by atoms with E-state index in [1.54, 1.807) is 0 Å². The molecule has 1 fully saturated rings. The topological polar surface area (TPSA) is 226 Å². The fourth-order valence-corrected chi connectivity index (χ4v) is 16.7. The van der Waals surface area contributed by atoms with Crippen LogP contribution in [-0.2, 0) is 9.31 Å². The molecule has 0 unspecified atom stereocenters. The number of aromatic nitrogens is 10. The molecule has 1 aliphatic carbocycles. The quantitative estimate of drug-likeness (QED) is 0.0916. The van der Waals surface area contributed by atoms with Crippen molar-refractivity contribution in [3.8, 4) is 90.8 Å². The number of fused-ring (bicyclic) bond motifs is 18. The molecule has 124 heavy (non-hydrogen) atoms. The molecule has 0 N–H and O–H groups in total. The minimum absolute atomic E-state index is 0.165. The first-order valence-electron chi connectivity index (χ1n) is 40.6. The molecule has 10 aromatic heterocycles. The highest BCUT2D eigenvalue weighted by molar-refractivity contribution is 6.62. The molecule has 18 nitrogen and oxygen atoms in total. The molecule has 1 saturated heterocycles. The van der Waals surface area contributed by atoms with Gasteiger partial charge in [0.15, 0.2) is 56.9 Å². The van der Waals surface area contributed by atoms with Crippen molar-refractivity contribution >= 4 is 157 Å². The van der Waals surface area contributed by atoms with Crippen LogP contribution in [0.5, 0.6) is 0 Å². The van der Waals surface area contributed by atoms with Crippen molar-refractivity contribution in [2.24, 2.45) is 0 Å². The molecule has 0 bridgehead atoms. The largest absolute Gasteiger partial charge is 0.494 e. The number of allylic oxidation sites excluding steroid dienone is 2. The van der Waals surface area contributed by atoms with Crippen LogP contribution in [0.25, 0.3) is 223 Å². The highest BCUT2D eigenvalue weighted by Gasteiger charge is 2.52. The maximum atomic E-state index is 6.58. The van der Waals surface area contributed by atoms with E-state index in [2.05, 4.69) is 73.0 Å². The zero-order valence-corrected chi connectivity index (χ0v) is 67.5. The fourth-order valence-electron chi connectivity index (χ4n) is 16.5. The van der Waals surface area contributed by atoms with Gasteiger partial charge in [-0.05, 0) is 136 Å². The lowest BCUT2D eigenvalue weighted by atomic mass is 9.79. The van der Waals surface area contributed by atoms with Gasteiger partial charge in [0, 0.05) is 93.7 Å². The molecule has 2 aliphatic rings. The summed E-state index contributed by atoms with van der Waals surface area (Å²) >= 11 is 6.15. The number of hydrogen-bond acceptors (Lipinski definition) is 18. The molecule has 23 aromatic rings. The fraction of sp³-hybridized carbons (Fsp3) is 0.0577. The molecule has 13 aromatic carbocycles. The number of benzene rings is 13. The van der Waals surface area contributed by atoms with Crippen LogP contribution in [0.4, 0.5) is 0 Å². The molecule has 0 spiro atoms. The van der Waals surface area contributed by atoms with Gasteiger partial charge in [-0.2, -0.15) is 9.97 Å². The van der Waals surface area contributed by atoms with Gasteiger partial charge in [0.2, 0.25) is 11.1 Å². The Labute approximate surface area is 711 Å². The second-order valence-corrected chi connectivity index (χ2v) is 31.9. The Bertz CT molecular complexity index is 8420. The summed E-state index contributed by atoms with van der Waals surface area (Å²) in [7, 11) is -0.475. The molecule has 20 heteroatoms. The third kappa shape index (κ3) is 12.8. The summed E-state index contributed by atoms with van der Waals surface area (Å²) in [6, 6.07) is 102. The molecule has 0 amide bonds. The summed E-state index contributed by atoms with van der Waals surface area (Å²) in [5.41, 5.74) is 19.9. The van der Waals surface area contributed by atoms with Crippen molar-refractivity contribution in [1.82, 2.24) is 49.8 Å². The normalized spacial score (nSPS) is 13.5. The van der Waals surface area contributed by atoms with Crippen LogP contribution in [0.1, 0.15) is 33.5 Å². The van der Waals surface area contributed by atoms with Crippen LogP contribution in [-0.4, -0.2) is 68.2 Å². The monoisotopic (exact) mass is 1630 g/mol. The van der Waals surface area contributed by atoms with E-state index in [0.29, 0.717) is 62.9 Å². The van der Waals surface area contributed by atoms with Gasteiger partial charge in [0.1, 0.15) is 84.8 Å². The van der Waals surface area contributed by atoms with Crippen molar-refractivity contribution in [3.05, 3.63) is 343 Å². The third-order valence-corrected chi connectivity index (χ3v) is 23.5. The van der Waals surface area contributed by atoms with E-state index in [9.17, 15) is 0 Å². The number of para-hydroxylation sites is 4. The molecule has 0 atom stereocenters. The summed E-state index contributed by atoms with van der Waals surface area (Å²) in [5.74, 6) is 3.88. The van der Waals surface area contributed by atoms with Crippen LogP contribution in [0, 0.1) is 6.08 Å². The predicted octanol–water partition coefficient (Wildman–Crippen LogP) is 23.9. The maximum absolute atomic E-state index is 6.58. The lowest BCUT2D eigenvalue weighted by molar-refractivity contribution is 0.00578. The van der Waals surface area contributed by atoms with E-state index >= 15 is 0 Å². The van der Waals surface area contributed by atoms with Crippen LogP contribution in [0.2, 0.25) is 5.28 Å². The second-order valence-electron chi connectivity index (χ2n) is 31.5. The molecule has 25 rings (SSSR count). The van der Waals surface area contributed by atoms with Crippen LogP contribution >= 0.6 is 11.6 Å². The van der Waals surface area contributed by atoms with Gasteiger partial charge >= 0.3 is 7.12 Å². The number of halogens is 1. The molecule has 0 radical (unpaired) electrons. The third-order valence-electron chi connectivity index (χ3n) is 23.3. The van der Waals surface area contributed by atoms with E-state index in [1.165, 1.54) is 0 Å². The minimum atomic E-state index is -0.475. The first kappa shape index (κ1) is 73.4. The zero-order chi connectivity index (χ0) is 82.9. The molecule has 11 heterocycles. The van der Waals surface area contributed by atoms with E-state index < -0.39 is 18.3 Å². The summed E-state index contributed by atoms with van der Waals surface area (Å²) in [6.45, 7) is 8.22. The summed E-state index contributed by atoms with van der Waals surface area (Å²) < 4.78 is 50.4. The first-order valence-corrected chi connectivity index (χ1v) is 41.0. The Morgan fingerprint density at radius 3 is 1.20 bits per heavy atom. The van der Waals surface area contributed by atoms with Crippen molar-refractivity contribution in [3.63, 3.8) is 0 Å². The lowest BCUT2D eigenvalue weighted by Gasteiger charge is -2.32. The number of furan rings is 6. The van der Waals surface area contributed by atoms with Crippen LogP contribution < -0.4 is 16.1 Å². The van der Waals surface area contributed by atoms with E-state index in [1.807, 2.05) is 297 Å². The average Bonchev–Trinajstić information content (AvgIpc) is 1.57. The van der Waals surface area contributed by atoms with Crippen molar-refractivity contribution in [2.45, 2.75) is 38.9 Å². The molecule has 1 aliphatic heterocycles. The van der Waals surface area contributed by atoms with Crippen LogP contribution in [0.3, 0.4) is 0 Å². The Hall–Kier alpha value is -15.8. The van der Waals surface area contributed by atoms with Crippen molar-refractivity contribution < 1.29 is 35.8 Å². The molecular formula is C104H65BClN10O8+. The van der Waals surface area contributed by atoms with E-state index in [0.717, 1.165) is 176 Å². The predicted molar refractivity (Wildman–Crippen MR) is 488 cm³/mol. The minimum Gasteiger partial charge on any atom is -0.456 e. The van der Waals surface area contributed by atoms with Crippen molar-refractivity contribution in [1.29, 1.82) is 0 Å². The molecular weight excluding hydrogens is 1560 g/mol. The SMILES string of the molecule is CC1(C)OB(c2ccc3c4c(oc3c2)=C[C+]=CC=4c2nc(-c3ccccc3)c3oc4ccccc4c3n2)OC1(C)C.Clc1nc(-c2ccccc2)nc(-c2ccc3c(c2)oc2ccccc23)n1.c1ccc(-c2nc(-c3ccc4c(c3)oc3ccccc34)nc(-c3ccc4c(c3)oc3cccc(-c5nc(-c6ccccc6)c6oc7ccccc7c6n5)c34)n2)cc1. The van der Waals surface area contributed by atoms with Crippen LogP contribution in [0.15, 0.2) is 342 Å². The van der Waals surface area contributed by atoms with E-state index in [4.69, 9.17) is 82.3 Å². The molecule has 588 valence electrons. The van der Waals surface area contributed by atoms with E-state index in [-0.39, 0.29) is 5.28 Å². The van der Waals surface area contributed by atoms with Gasteiger partial charge in [-0.25, -0.2) is 39.9 Å². The van der Waals surface area contributed by atoms with Crippen molar-refractivity contribution in [2.75, 3.05) is 0 Å². The summed E-state index contributed by atoms with van der Waals surface area (Å²) in [6.07, 6.45) is 7.03. The van der Waals surface area contributed by atoms with Gasteiger partial charge in [-0.15, -0.1) is 0 Å². The molecule has 0 saturated carbocycles. The van der Waals surface area contributed by atoms with Gasteiger partial charge in [0.05, 0.1) is 16.6 Å². The van der Waals surface area contributed by atoms with Gasteiger partial charge in [-0.1, -0.05) is 218 Å². The Morgan fingerprint density at radius 2 is 0.677 bits per heavy atom. The number of rotatable bonds is 10. The maximum Gasteiger partial charge on any atom is 0.494 e. The smallest absolute Gasteiger partial charge is 0.456 e. The lowest BCUT2D eigenvalue weighted by Crippen LogP contribution is -2.41. The van der Waals surface area contributed by atoms with Gasteiger partial charge < -0.3 is 35.8 Å².